The van der Waals surface area contributed by atoms with Crippen LogP contribution in [0, 0.1) is 16.7 Å². The number of methoxy groups -OCH3 is 1. The summed E-state index contributed by atoms with van der Waals surface area (Å²) in [6.07, 6.45) is 4.03. The van der Waals surface area contributed by atoms with Crippen molar-refractivity contribution in [3.63, 3.8) is 0 Å². The van der Waals surface area contributed by atoms with E-state index in [1.165, 1.54) is 18.6 Å². The van der Waals surface area contributed by atoms with Crippen molar-refractivity contribution >= 4 is 17.7 Å². The van der Waals surface area contributed by atoms with E-state index in [1.54, 1.807) is 11.9 Å². The molecule has 0 aromatic rings. The maximum atomic E-state index is 5.87. The van der Waals surface area contributed by atoms with Crippen LogP contribution in [0.5, 0.6) is 0 Å². The molecule has 0 radical (unpaired) electrons. The Morgan fingerprint density at radius 1 is 1.39 bits per heavy atom. The minimum atomic E-state index is 0.319. The lowest BCUT2D eigenvalue weighted by Crippen LogP contribution is -2.39. The molecule has 0 aromatic carbocycles. The van der Waals surface area contributed by atoms with Crippen molar-refractivity contribution in [3.05, 3.63) is 0 Å². The van der Waals surface area contributed by atoms with Crippen LogP contribution >= 0.6 is 11.9 Å². The Morgan fingerprint density at radius 3 is 2.61 bits per heavy atom. The first-order chi connectivity index (χ1) is 8.38. The third-order valence-electron chi connectivity index (χ3n) is 5.79. The van der Waals surface area contributed by atoms with Gasteiger partial charge in [-0.15, -0.1) is 0 Å². The zero-order valence-electron chi connectivity index (χ0n) is 12.6. The molecule has 2 fully saturated rings. The predicted octanol–water partition coefficient (Wildman–Crippen LogP) is 4.35. The second kappa shape index (κ2) is 4.82. The fourth-order valence-corrected chi connectivity index (χ4v) is 5.53. The second-order valence-corrected chi connectivity index (χ2v) is 7.63. The predicted molar refractivity (Wildman–Crippen MR) is 80.2 cm³/mol. The highest BCUT2D eigenvalue weighted by atomic mass is 32.2. The van der Waals surface area contributed by atoms with Gasteiger partial charge in [0.15, 0.2) is 0 Å². The van der Waals surface area contributed by atoms with Gasteiger partial charge in [-0.1, -0.05) is 27.7 Å². The first kappa shape index (κ1) is 14.4. The van der Waals surface area contributed by atoms with Crippen LogP contribution < -0.4 is 0 Å². The van der Waals surface area contributed by atoms with E-state index in [0.717, 1.165) is 12.3 Å². The summed E-state index contributed by atoms with van der Waals surface area (Å²) in [7, 11) is 1.87. The Bertz CT molecular complexity index is 352. The van der Waals surface area contributed by atoms with E-state index in [9.17, 15) is 0 Å². The van der Waals surface area contributed by atoms with Gasteiger partial charge in [0.1, 0.15) is 0 Å². The summed E-state index contributed by atoms with van der Waals surface area (Å²) in [5.41, 5.74) is 1.93. The fourth-order valence-electron chi connectivity index (χ4n) is 3.96. The van der Waals surface area contributed by atoms with Gasteiger partial charge in [-0.2, -0.15) is 0 Å². The Morgan fingerprint density at radius 2 is 2.06 bits per heavy atom. The van der Waals surface area contributed by atoms with Crippen molar-refractivity contribution in [2.45, 2.75) is 65.2 Å². The monoisotopic (exact) mass is 269 g/mol. The van der Waals surface area contributed by atoms with Gasteiger partial charge in [-0.05, 0) is 49.5 Å². The molecule has 0 aliphatic heterocycles. The van der Waals surface area contributed by atoms with Gasteiger partial charge in [0, 0.05) is 18.2 Å². The number of ether oxygens (including phenoxy) is 1. The van der Waals surface area contributed by atoms with E-state index in [0.29, 0.717) is 22.2 Å². The molecule has 2 aliphatic rings. The molecule has 4 atom stereocenters. The summed E-state index contributed by atoms with van der Waals surface area (Å²) in [4.78, 5) is 0. The third-order valence-corrected chi connectivity index (χ3v) is 7.03. The molecule has 2 bridgehead atoms. The molecule has 4 unspecified atom stereocenters. The summed E-state index contributed by atoms with van der Waals surface area (Å²) in [6.45, 7) is 11.5. The van der Waals surface area contributed by atoms with Gasteiger partial charge < -0.3 is 4.74 Å². The number of hydrogen-bond acceptors (Lipinski definition) is 3. The van der Waals surface area contributed by atoms with E-state index >= 15 is 0 Å². The second-order valence-electron chi connectivity index (χ2n) is 6.69. The minimum absolute atomic E-state index is 0.319. The minimum Gasteiger partial charge on any atom is -0.380 e. The molecule has 0 aromatic heterocycles. The molecule has 0 amide bonds. The van der Waals surface area contributed by atoms with Crippen LogP contribution in [0.4, 0.5) is 0 Å². The summed E-state index contributed by atoms with van der Waals surface area (Å²) >= 11 is 1.78. The quantitative estimate of drug-likeness (QED) is 0.559. The number of hydrogen-bond donors (Lipinski definition) is 0. The van der Waals surface area contributed by atoms with Crippen molar-refractivity contribution in [2.24, 2.45) is 21.1 Å². The number of rotatable bonds is 4. The maximum absolute atomic E-state index is 5.87. The molecular weight excluding hydrogens is 242 g/mol. The Labute approximate surface area is 116 Å². The molecule has 0 saturated heterocycles. The summed E-state index contributed by atoms with van der Waals surface area (Å²) in [5, 5.41) is 0.533. The van der Waals surface area contributed by atoms with E-state index in [4.69, 9.17) is 9.13 Å². The molecular formula is C15H27NOS. The zero-order valence-corrected chi connectivity index (χ0v) is 13.4. The van der Waals surface area contributed by atoms with Crippen LogP contribution in [0.2, 0.25) is 0 Å². The van der Waals surface area contributed by atoms with E-state index in [2.05, 4.69) is 34.6 Å². The lowest BCUT2D eigenvalue weighted by Gasteiger charge is -2.38. The molecule has 2 nitrogen and oxygen atoms in total. The highest BCUT2D eigenvalue weighted by molar-refractivity contribution is 7.98. The third kappa shape index (κ3) is 1.85. The van der Waals surface area contributed by atoms with Crippen molar-refractivity contribution in [1.29, 1.82) is 0 Å². The fraction of sp³-hybridized carbons (Fsp3) is 0.933. The van der Waals surface area contributed by atoms with Gasteiger partial charge in [-0.3, -0.25) is 0 Å². The molecule has 2 saturated carbocycles. The standard InChI is InChI=1S/C15H27NOS/c1-7-10(2)16-18-12-11-8-9-15(5,13(12)17-6)14(11,3)4/h11-13H,7-9H2,1-6H3/b16-10-. The van der Waals surface area contributed by atoms with Gasteiger partial charge in [0.05, 0.1) is 11.4 Å². The average Bonchev–Trinajstić information content (AvgIpc) is 2.65. The maximum Gasteiger partial charge on any atom is 0.0769 e. The van der Waals surface area contributed by atoms with Crippen LogP contribution in [0.25, 0.3) is 0 Å². The van der Waals surface area contributed by atoms with Crippen LogP contribution in [0.1, 0.15) is 53.9 Å². The van der Waals surface area contributed by atoms with Gasteiger partial charge in [-0.25, -0.2) is 4.40 Å². The van der Waals surface area contributed by atoms with Gasteiger partial charge in [0.2, 0.25) is 0 Å². The molecule has 0 heterocycles. The first-order valence-electron chi connectivity index (χ1n) is 7.10. The van der Waals surface area contributed by atoms with Crippen LogP contribution in [0.15, 0.2) is 4.40 Å². The molecule has 18 heavy (non-hydrogen) atoms. The largest absolute Gasteiger partial charge is 0.380 e. The molecule has 0 N–H and O–H groups in total. The lowest BCUT2D eigenvalue weighted by atomic mass is 9.70. The van der Waals surface area contributed by atoms with Crippen LogP contribution in [0.3, 0.4) is 0 Å². The SMILES string of the molecule is CC/C(C)=N\SC1C2CCC(C)(C1OC)C2(C)C. The number of fused-ring (bicyclic) bond motifs is 2. The lowest BCUT2D eigenvalue weighted by molar-refractivity contribution is -0.0176. The number of nitrogens with zero attached hydrogens (tertiary/aromatic N) is 1. The Hall–Kier alpha value is -0.0200. The van der Waals surface area contributed by atoms with E-state index in [1.807, 2.05) is 7.11 Å². The van der Waals surface area contributed by atoms with Gasteiger partial charge in [0.25, 0.3) is 0 Å². The molecule has 3 heteroatoms. The molecule has 0 spiro atoms. The van der Waals surface area contributed by atoms with Crippen molar-refractivity contribution in [1.82, 2.24) is 0 Å². The molecule has 104 valence electrons. The highest BCUT2D eigenvalue weighted by Gasteiger charge is 2.66. The van der Waals surface area contributed by atoms with Crippen molar-refractivity contribution in [3.8, 4) is 0 Å². The molecule has 2 rings (SSSR count). The summed E-state index contributed by atoms with van der Waals surface area (Å²) < 4.78 is 10.6. The normalized spacial score (nSPS) is 42.6. The average molecular weight is 269 g/mol. The molecule has 2 aliphatic carbocycles. The summed E-state index contributed by atoms with van der Waals surface area (Å²) in [5.74, 6) is 0.742. The van der Waals surface area contributed by atoms with Crippen LogP contribution in [-0.2, 0) is 4.74 Å². The van der Waals surface area contributed by atoms with E-state index < -0.39 is 0 Å². The zero-order chi connectivity index (χ0) is 13.6. The highest BCUT2D eigenvalue weighted by Crippen LogP contribution is 2.68. The van der Waals surface area contributed by atoms with Crippen molar-refractivity contribution in [2.75, 3.05) is 7.11 Å². The first-order valence-corrected chi connectivity index (χ1v) is 7.94. The van der Waals surface area contributed by atoms with Gasteiger partial charge >= 0.3 is 0 Å². The Kier molecular flexibility index (Phi) is 3.86. The topological polar surface area (TPSA) is 21.6 Å². The van der Waals surface area contributed by atoms with Crippen molar-refractivity contribution < 1.29 is 4.74 Å². The van der Waals surface area contributed by atoms with Crippen LogP contribution in [-0.4, -0.2) is 24.2 Å². The Balaban J connectivity index is 2.22. The summed E-state index contributed by atoms with van der Waals surface area (Å²) in [6, 6.07) is 0. The smallest absolute Gasteiger partial charge is 0.0769 e. The van der Waals surface area contributed by atoms with E-state index in [-0.39, 0.29) is 0 Å².